The molecule has 0 saturated heterocycles. The van der Waals surface area contributed by atoms with Crippen LogP contribution in [-0.4, -0.2) is 19.2 Å². The molecule has 0 N–H and O–H groups in total. The summed E-state index contributed by atoms with van der Waals surface area (Å²) in [6.45, 7) is 9.43. The van der Waals surface area contributed by atoms with Crippen molar-refractivity contribution in [2.24, 2.45) is 0 Å². The molecule has 96 valence electrons. The fourth-order valence-corrected chi connectivity index (χ4v) is 1.31. The summed E-state index contributed by atoms with van der Waals surface area (Å²) >= 11 is 0. The third-order valence-corrected chi connectivity index (χ3v) is 1.98. The first-order valence-electron chi connectivity index (χ1n) is 5.54. The molecule has 0 spiro atoms. The summed E-state index contributed by atoms with van der Waals surface area (Å²) < 4.78 is 15.4. The molecule has 0 unspecified atom stereocenters. The molecular weight excluding hydrogens is 232 g/mol. The Balaban J connectivity index is 3.00. The standard InChI is InChI=1S/C14H16O4/c1-4-7-18-13-9-11(14(15)17-6-3)8-12(10-13)16-5-2/h4-5,8-10H,1-2,6-7H2,3H3. The van der Waals surface area contributed by atoms with Crippen LogP contribution in [0.25, 0.3) is 0 Å². The van der Waals surface area contributed by atoms with Gasteiger partial charge < -0.3 is 14.2 Å². The second kappa shape index (κ2) is 7.17. The van der Waals surface area contributed by atoms with E-state index in [2.05, 4.69) is 13.2 Å². The molecule has 0 bridgehead atoms. The molecular formula is C14H16O4. The highest BCUT2D eigenvalue weighted by molar-refractivity contribution is 5.90. The number of rotatable bonds is 7. The van der Waals surface area contributed by atoms with Crippen LogP contribution in [0.2, 0.25) is 0 Å². The quantitative estimate of drug-likeness (QED) is 0.423. The summed E-state index contributed by atoms with van der Waals surface area (Å²) in [4.78, 5) is 11.6. The zero-order valence-corrected chi connectivity index (χ0v) is 10.3. The highest BCUT2D eigenvalue weighted by atomic mass is 16.5. The van der Waals surface area contributed by atoms with Crippen molar-refractivity contribution in [1.82, 2.24) is 0 Å². The van der Waals surface area contributed by atoms with E-state index in [1.54, 1.807) is 31.2 Å². The molecule has 0 aliphatic heterocycles. The number of ether oxygens (including phenoxy) is 3. The average Bonchev–Trinajstić information content (AvgIpc) is 2.37. The molecule has 4 heteroatoms. The number of benzene rings is 1. The van der Waals surface area contributed by atoms with Gasteiger partial charge in [0.1, 0.15) is 18.1 Å². The first-order valence-corrected chi connectivity index (χ1v) is 5.54. The summed E-state index contributed by atoms with van der Waals surface area (Å²) in [7, 11) is 0. The number of hydrogen-bond acceptors (Lipinski definition) is 4. The largest absolute Gasteiger partial charge is 0.489 e. The van der Waals surface area contributed by atoms with E-state index >= 15 is 0 Å². The van der Waals surface area contributed by atoms with Gasteiger partial charge in [-0.15, -0.1) is 0 Å². The number of carbonyl (C=O) groups excluding carboxylic acids is 1. The Morgan fingerprint density at radius 3 is 2.61 bits per heavy atom. The van der Waals surface area contributed by atoms with Gasteiger partial charge in [-0.2, -0.15) is 0 Å². The lowest BCUT2D eigenvalue weighted by Crippen LogP contribution is -2.05. The smallest absolute Gasteiger partial charge is 0.338 e. The third kappa shape index (κ3) is 3.97. The van der Waals surface area contributed by atoms with Gasteiger partial charge in [-0.05, 0) is 19.1 Å². The van der Waals surface area contributed by atoms with E-state index in [9.17, 15) is 4.79 Å². The molecule has 0 aliphatic rings. The predicted molar refractivity (Wildman–Crippen MR) is 68.9 cm³/mol. The van der Waals surface area contributed by atoms with Crippen molar-refractivity contribution in [3.63, 3.8) is 0 Å². The van der Waals surface area contributed by atoms with E-state index in [0.29, 0.717) is 30.3 Å². The van der Waals surface area contributed by atoms with Crippen molar-refractivity contribution >= 4 is 5.97 Å². The lowest BCUT2D eigenvalue weighted by molar-refractivity contribution is 0.0525. The van der Waals surface area contributed by atoms with Gasteiger partial charge in [0.05, 0.1) is 18.4 Å². The van der Waals surface area contributed by atoms with E-state index in [1.165, 1.54) is 6.26 Å². The van der Waals surface area contributed by atoms with Gasteiger partial charge >= 0.3 is 5.97 Å². The molecule has 1 aromatic carbocycles. The normalized spacial score (nSPS) is 9.39. The minimum absolute atomic E-state index is 0.314. The van der Waals surface area contributed by atoms with E-state index in [0.717, 1.165) is 0 Å². The van der Waals surface area contributed by atoms with Crippen LogP contribution in [0.3, 0.4) is 0 Å². The highest BCUT2D eigenvalue weighted by Gasteiger charge is 2.10. The second-order valence-corrected chi connectivity index (χ2v) is 3.30. The van der Waals surface area contributed by atoms with Crippen molar-refractivity contribution in [3.05, 3.63) is 49.3 Å². The van der Waals surface area contributed by atoms with Crippen LogP contribution < -0.4 is 9.47 Å². The molecule has 0 saturated carbocycles. The Hall–Kier alpha value is -2.23. The van der Waals surface area contributed by atoms with Crippen LogP contribution in [0.4, 0.5) is 0 Å². The predicted octanol–water partition coefficient (Wildman–Crippen LogP) is 2.95. The maximum atomic E-state index is 11.6. The zero-order chi connectivity index (χ0) is 13.4. The Bertz CT molecular complexity index is 437. The average molecular weight is 248 g/mol. The molecule has 1 aromatic rings. The van der Waals surface area contributed by atoms with Crippen molar-refractivity contribution in [1.29, 1.82) is 0 Å². The fraction of sp³-hybridized carbons (Fsp3) is 0.214. The number of hydrogen-bond donors (Lipinski definition) is 0. The van der Waals surface area contributed by atoms with E-state index < -0.39 is 5.97 Å². The molecule has 0 aromatic heterocycles. The van der Waals surface area contributed by atoms with Gasteiger partial charge in [-0.25, -0.2) is 4.79 Å². The van der Waals surface area contributed by atoms with Crippen LogP contribution in [0.1, 0.15) is 17.3 Å². The summed E-state index contributed by atoms with van der Waals surface area (Å²) in [6, 6.07) is 4.83. The second-order valence-electron chi connectivity index (χ2n) is 3.30. The van der Waals surface area contributed by atoms with E-state index in [1.807, 2.05) is 0 Å². The molecule has 1 rings (SSSR count). The highest BCUT2D eigenvalue weighted by Crippen LogP contribution is 2.24. The van der Waals surface area contributed by atoms with Crippen LogP contribution in [0.5, 0.6) is 11.5 Å². The van der Waals surface area contributed by atoms with E-state index in [-0.39, 0.29) is 0 Å². The molecule has 0 heterocycles. The molecule has 0 atom stereocenters. The molecule has 0 fully saturated rings. The summed E-state index contributed by atoms with van der Waals surface area (Å²) in [5.74, 6) is 0.558. The fourth-order valence-electron chi connectivity index (χ4n) is 1.31. The van der Waals surface area contributed by atoms with Crippen LogP contribution in [0, 0.1) is 0 Å². The monoisotopic (exact) mass is 248 g/mol. The molecule has 0 aliphatic carbocycles. The van der Waals surface area contributed by atoms with Gasteiger partial charge in [0.25, 0.3) is 0 Å². The van der Waals surface area contributed by atoms with Crippen LogP contribution >= 0.6 is 0 Å². The van der Waals surface area contributed by atoms with Gasteiger partial charge in [0.2, 0.25) is 0 Å². The lowest BCUT2D eigenvalue weighted by Gasteiger charge is -2.09. The van der Waals surface area contributed by atoms with Crippen LogP contribution in [-0.2, 0) is 4.74 Å². The third-order valence-electron chi connectivity index (χ3n) is 1.98. The first kappa shape index (κ1) is 13.8. The summed E-state index contributed by atoms with van der Waals surface area (Å²) in [5, 5.41) is 0. The van der Waals surface area contributed by atoms with Gasteiger partial charge in [0, 0.05) is 6.07 Å². The maximum Gasteiger partial charge on any atom is 0.338 e. The molecule has 0 radical (unpaired) electrons. The van der Waals surface area contributed by atoms with Crippen molar-refractivity contribution in [3.8, 4) is 11.5 Å². The topological polar surface area (TPSA) is 44.8 Å². The molecule has 18 heavy (non-hydrogen) atoms. The minimum atomic E-state index is -0.421. The Morgan fingerprint density at radius 1 is 1.28 bits per heavy atom. The van der Waals surface area contributed by atoms with Gasteiger partial charge in [-0.3, -0.25) is 0 Å². The Labute approximate surface area is 106 Å². The molecule has 4 nitrogen and oxygen atoms in total. The van der Waals surface area contributed by atoms with Gasteiger partial charge in [0.15, 0.2) is 0 Å². The first-order chi connectivity index (χ1) is 8.71. The van der Waals surface area contributed by atoms with Gasteiger partial charge in [-0.1, -0.05) is 19.2 Å². The van der Waals surface area contributed by atoms with Crippen molar-refractivity contribution in [2.45, 2.75) is 6.92 Å². The Kier molecular flexibility index (Phi) is 5.51. The minimum Gasteiger partial charge on any atom is -0.489 e. The molecule has 0 amide bonds. The van der Waals surface area contributed by atoms with E-state index in [4.69, 9.17) is 14.2 Å². The summed E-state index contributed by atoms with van der Waals surface area (Å²) in [6.07, 6.45) is 2.90. The number of esters is 1. The Morgan fingerprint density at radius 2 is 2.00 bits per heavy atom. The SMILES string of the molecule is C=CCOc1cc(OC=C)cc(C(=O)OCC)c1. The maximum absolute atomic E-state index is 11.6. The van der Waals surface area contributed by atoms with Crippen molar-refractivity contribution in [2.75, 3.05) is 13.2 Å². The lowest BCUT2D eigenvalue weighted by atomic mass is 10.2. The van der Waals surface area contributed by atoms with Crippen LogP contribution in [0.15, 0.2) is 43.7 Å². The van der Waals surface area contributed by atoms with Crippen molar-refractivity contribution < 1.29 is 19.0 Å². The number of carbonyl (C=O) groups is 1. The zero-order valence-electron chi connectivity index (χ0n) is 10.3. The summed E-state index contributed by atoms with van der Waals surface area (Å²) in [5.41, 5.74) is 0.371.